The Balaban J connectivity index is 1.34. The standard InChI is InChI=1S/C20H20F4N4O2/c21-14-3-5-15(6-4-14)27-11-13(9-18(27)29)19(30)25-7-8-28-16(12-1-2-12)10-17(26-28)20(22,23)24/h3-6,10,12-13H,1-2,7-9,11H2,(H,25,30). The number of carbonyl (C=O) groups is 2. The molecule has 2 amide bonds. The molecule has 0 bridgehead atoms. The number of nitrogens with zero attached hydrogens (tertiary/aromatic N) is 3. The summed E-state index contributed by atoms with van der Waals surface area (Å²) < 4.78 is 53.2. The summed E-state index contributed by atoms with van der Waals surface area (Å²) in [6.07, 6.45) is -2.82. The molecule has 2 heterocycles. The van der Waals surface area contributed by atoms with Gasteiger partial charge in [0.2, 0.25) is 11.8 Å². The lowest BCUT2D eigenvalue weighted by molar-refractivity contribution is -0.141. The van der Waals surface area contributed by atoms with Gasteiger partial charge in [-0.1, -0.05) is 0 Å². The number of anilines is 1. The SMILES string of the molecule is O=C(NCCn1nc(C(F)(F)F)cc1C1CC1)C1CC(=O)N(c2ccc(F)cc2)C1. The number of nitrogens with one attached hydrogen (secondary N) is 1. The second-order valence-electron chi connectivity index (χ2n) is 7.62. The van der Waals surface area contributed by atoms with Crippen LogP contribution >= 0.6 is 0 Å². The Hall–Kier alpha value is -2.91. The van der Waals surface area contributed by atoms with Crippen molar-refractivity contribution in [1.82, 2.24) is 15.1 Å². The van der Waals surface area contributed by atoms with Crippen LogP contribution in [0, 0.1) is 11.7 Å². The Bertz CT molecular complexity index is 951. The molecule has 30 heavy (non-hydrogen) atoms. The van der Waals surface area contributed by atoms with E-state index < -0.39 is 23.6 Å². The number of alkyl halides is 3. The van der Waals surface area contributed by atoms with Crippen LogP contribution < -0.4 is 10.2 Å². The molecule has 10 heteroatoms. The number of carbonyl (C=O) groups excluding carboxylic acids is 2. The number of halogens is 4. The Labute approximate surface area is 169 Å². The normalized spacial score (nSPS) is 19.4. The van der Waals surface area contributed by atoms with Crippen molar-refractivity contribution >= 4 is 17.5 Å². The zero-order chi connectivity index (χ0) is 21.5. The second kappa shape index (κ2) is 7.73. The minimum Gasteiger partial charge on any atom is -0.354 e. The molecule has 1 aliphatic heterocycles. The lowest BCUT2D eigenvalue weighted by Crippen LogP contribution is -2.35. The molecule has 1 N–H and O–H groups in total. The average Bonchev–Trinajstić information content (AvgIpc) is 3.31. The molecule has 0 spiro atoms. The smallest absolute Gasteiger partial charge is 0.354 e. The number of aromatic nitrogens is 2. The number of hydrogen-bond acceptors (Lipinski definition) is 3. The summed E-state index contributed by atoms with van der Waals surface area (Å²) in [5, 5.41) is 6.34. The molecule has 2 aliphatic rings. The summed E-state index contributed by atoms with van der Waals surface area (Å²) in [5.74, 6) is -1.49. The summed E-state index contributed by atoms with van der Waals surface area (Å²) in [6, 6.07) is 6.51. The van der Waals surface area contributed by atoms with Crippen molar-refractivity contribution in [2.75, 3.05) is 18.0 Å². The molecule has 1 aliphatic carbocycles. The highest BCUT2D eigenvalue weighted by Crippen LogP contribution is 2.42. The Morgan fingerprint density at radius 3 is 2.53 bits per heavy atom. The first kappa shape index (κ1) is 20.4. The van der Waals surface area contributed by atoms with Crippen LogP contribution in [0.15, 0.2) is 30.3 Å². The minimum absolute atomic E-state index is 0.0243. The first-order valence-electron chi connectivity index (χ1n) is 9.71. The molecule has 1 aromatic carbocycles. The number of rotatable bonds is 6. The van der Waals surface area contributed by atoms with Crippen LogP contribution in [0.1, 0.15) is 36.6 Å². The van der Waals surface area contributed by atoms with Crippen LogP contribution in [0.5, 0.6) is 0 Å². The molecule has 0 radical (unpaired) electrons. The summed E-state index contributed by atoms with van der Waals surface area (Å²) >= 11 is 0. The van der Waals surface area contributed by atoms with Gasteiger partial charge in [0.15, 0.2) is 5.69 Å². The molecule has 4 rings (SSSR count). The summed E-state index contributed by atoms with van der Waals surface area (Å²) in [4.78, 5) is 26.1. The second-order valence-corrected chi connectivity index (χ2v) is 7.62. The van der Waals surface area contributed by atoms with Crippen molar-refractivity contribution < 1.29 is 27.2 Å². The molecule has 1 saturated heterocycles. The fourth-order valence-corrected chi connectivity index (χ4v) is 3.64. The van der Waals surface area contributed by atoms with Crippen LogP contribution in [0.25, 0.3) is 0 Å². The van der Waals surface area contributed by atoms with Crippen LogP contribution in [-0.2, 0) is 22.3 Å². The third-order valence-corrected chi connectivity index (χ3v) is 5.35. The van der Waals surface area contributed by atoms with Gasteiger partial charge in [-0.15, -0.1) is 0 Å². The van der Waals surface area contributed by atoms with Crippen molar-refractivity contribution in [1.29, 1.82) is 0 Å². The van der Waals surface area contributed by atoms with Gasteiger partial charge in [0, 0.05) is 36.8 Å². The van der Waals surface area contributed by atoms with Crippen molar-refractivity contribution in [3.8, 4) is 0 Å². The molecule has 1 saturated carbocycles. The van der Waals surface area contributed by atoms with E-state index >= 15 is 0 Å². The van der Waals surface area contributed by atoms with E-state index in [2.05, 4.69) is 10.4 Å². The third kappa shape index (κ3) is 4.31. The van der Waals surface area contributed by atoms with Crippen molar-refractivity contribution in [2.45, 2.75) is 37.9 Å². The monoisotopic (exact) mass is 424 g/mol. The largest absolute Gasteiger partial charge is 0.435 e. The van der Waals surface area contributed by atoms with Crippen molar-refractivity contribution in [3.63, 3.8) is 0 Å². The van der Waals surface area contributed by atoms with Crippen LogP contribution in [-0.4, -0.2) is 34.7 Å². The number of amides is 2. The van der Waals surface area contributed by atoms with Gasteiger partial charge >= 0.3 is 6.18 Å². The Morgan fingerprint density at radius 1 is 1.20 bits per heavy atom. The molecule has 160 valence electrons. The maximum absolute atomic E-state index is 13.1. The Kier molecular flexibility index (Phi) is 5.25. The quantitative estimate of drug-likeness (QED) is 0.725. The van der Waals surface area contributed by atoms with Crippen LogP contribution in [0.2, 0.25) is 0 Å². The van der Waals surface area contributed by atoms with Gasteiger partial charge in [-0.2, -0.15) is 18.3 Å². The maximum Gasteiger partial charge on any atom is 0.435 e. The molecule has 1 atom stereocenters. The highest BCUT2D eigenvalue weighted by Gasteiger charge is 2.38. The molecular formula is C20H20F4N4O2. The molecule has 2 aromatic rings. The predicted molar refractivity (Wildman–Crippen MR) is 99.1 cm³/mol. The van der Waals surface area contributed by atoms with Crippen LogP contribution in [0.3, 0.4) is 0 Å². The molecule has 6 nitrogen and oxygen atoms in total. The molecule has 1 aromatic heterocycles. The summed E-state index contributed by atoms with van der Waals surface area (Å²) in [7, 11) is 0. The maximum atomic E-state index is 13.1. The minimum atomic E-state index is -4.51. The zero-order valence-corrected chi connectivity index (χ0v) is 16.0. The van der Waals surface area contributed by atoms with Crippen LogP contribution in [0.4, 0.5) is 23.2 Å². The lowest BCUT2D eigenvalue weighted by atomic mass is 10.1. The van der Waals surface area contributed by atoms with Gasteiger partial charge in [-0.3, -0.25) is 14.3 Å². The van der Waals surface area contributed by atoms with E-state index in [4.69, 9.17) is 0 Å². The molecule has 1 unspecified atom stereocenters. The van der Waals surface area contributed by atoms with Gasteiger partial charge in [-0.25, -0.2) is 4.39 Å². The van der Waals surface area contributed by atoms with E-state index in [1.807, 2.05) is 0 Å². The predicted octanol–water partition coefficient (Wildman–Crippen LogP) is 3.09. The van der Waals surface area contributed by atoms with E-state index in [-0.39, 0.29) is 43.8 Å². The summed E-state index contributed by atoms with van der Waals surface area (Å²) in [6.45, 7) is 0.401. The van der Waals surface area contributed by atoms with Gasteiger partial charge in [0.1, 0.15) is 5.82 Å². The van der Waals surface area contributed by atoms with E-state index in [1.165, 1.54) is 33.8 Å². The molecule has 2 fully saturated rings. The van der Waals surface area contributed by atoms with Gasteiger partial charge < -0.3 is 10.2 Å². The van der Waals surface area contributed by atoms with Gasteiger partial charge in [-0.05, 0) is 43.2 Å². The number of hydrogen-bond donors (Lipinski definition) is 1. The lowest BCUT2D eigenvalue weighted by Gasteiger charge is -2.16. The first-order valence-corrected chi connectivity index (χ1v) is 9.71. The zero-order valence-electron chi connectivity index (χ0n) is 16.0. The fourth-order valence-electron chi connectivity index (χ4n) is 3.64. The fraction of sp³-hybridized carbons (Fsp3) is 0.450. The Morgan fingerprint density at radius 2 is 1.90 bits per heavy atom. The average molecular weight is 424 g/mol. The van der Waals surface area contributed by atoms with E-state index in [0.29, 0.717) is 11.4 Å². The topological polar surface area (TPSA) is 67.2 Å². The van der Waals surface area contributed by atoms with E-state index in [9.17, 15) is 27.2 Å². The van der Waals surface area contributed by atoms with Gasteiger partial charge in [0.05, 0.1) is 12.5 Å². The summed E-state index contributed by atoms with van der Waals surface area (Å²) in [5.41, 5.74) is 0.129. The highest BCUT2D eigenvalue weighted by atomic mass is 19.4. The number of benzene rings is 1. The van der Waals surface area contributed by atoms with E-state index in [1.54, 1.807) is 0 Å². The first-order chi connectivity index (χ1) is 14.2. The van der Waals surface area contributed by atoms with Crippen molar-refractivity contribution in [3.05, 3.63) is 47.5 Å². The molecular weight excluding hydrogens is 404 g/mol. The van der Waals surface area contributed by atoms with E-state index in [0.717, 1.165) is 18.9 Å². The third-order valence-electron chi connectivity index (χ3n) is 5.35. The highest BCUT2D eigenvalue weighted by molar-refractivity contribution is 6.00. The van der Waals surface area contributed by atoms with Crippen molar-refractivity contribution in [2.24, 2.45) is 5.92 Å². The van der Waals surface area contributed by atoms with Gasteiger partial charge in [0.25, 0.3) is 0 Å².